The van der Waals surface area contributed by atoms with Crippen LogP contribution in [0.15, 0.2) is 41.4 Å². The van der Waals surface area contributed by atoms with Crippen molar-refractivity contribution < 1.29 is 4.42 Å². The Kier molecular flexibility index (Phi) is 3.46. The second-order valence-corrected chi connectivity index (χ2v) is 5.67. The third-order valence-corrected chi connectivity index (χ3v) is 4.22. The summed E-state index contributed by atoms with van der Waals surface area (Å²) < 4.78 is 7.40. The maximum absolute atomic E-state index is 5.39. The van der Waals surface area contributed by atoms with Crippen LogP contribution in [0.3, 0.4) is 0 Å². The Morgan fingerprint density at radius 3 is 3.05 bits per heavy atom. The minimum Gasteiger partial charge on any atom is -0.469 e. The van der Waals surface area contributed by atoms with Crippen molar-refractivity contribution in [2.45, 2.75) is 38.5 Å². The lowest BCUT2D eigenvalue weighted by molar-refractivity contribution is 0.506. The highest BCUT2D eigenvalue weighted by Gasteiger charge is 2.14. The molecule has 0 aromatic carbocycles. The van der Waals surface area contributed by atoms with E-state index in [0.717, 1.165) is 48.5 Å². The maximum atomic E-state index is 5.39. The molecule has 0 fully saturated rings. The van der Waals surface area contributed by atoms with Gasteiger partial charge in [0.15, 0.2) is 5.65 Å². The second-order valence-electron chi connectivity index (χ2n) is 5.67. The van der Waals surface area contributed by atoms with Crippen LogP contribution in [0.25, 0.3) is 11.2 Å². The lowest BCUT2D eigenvalue weighted by Gasteiger charge is -2.14. The summed E-state index contributed by atoms with van der Waals surface area (Å²) in [6, 6.07) is 3.90. The molecule has 5 nitrogen and oxygen atoms in total. The average molecular weight is 294 g/mol. The molecule has 0 bridgehead atoms. The molecule has 5 heteroatoms. The molecule has 0 unspecified atom stereocenters. The molecule has 0 spiro atoms. The highest BCUT2D eigenvalue weighted by atomic mass is 16.3. The molecule has 3 heterocycles. The van der Waals surface area contributed by atoms with Crippen LogP contribution in [0, 0.1) is 0 Å². The van der Waals surface area contributed by atoms with Crippen molar-refractivity contribution in [2.75, 3.05) is 0 Å². The van der Waals surface area contributed by atoms with E-state index in [2.05, 4.69) is 21.3 Å². The van der Waals surface area contributed by atoms with Crippen LogP contribution >= 0.6 is 0 Å². The highest BCUT2D eigenvalue weighted by Crippen LogP contribution is 2.28. The van der Waals surface area contributed by atoms with Gasteiger partial charge in [0.05, 0.1) is 6.26 Å². The highest BCUT2D eigenvalue weighted by molar-refractivity contribution is 5.75. The van der Waals surface area contributed by atoms with Gasteiger partial charge < -0.3 is 4.42 Å². The smallest absolute Gasteiger partial charge is 0.171 e. The Bertz CT molecular complexity index is 801. The zero-order valence-corrected chi connectivity index (χ0v) is 12.4. The van der Waals surface area contributed by atoms with Crippen molar-refractivity contribution >= 4 is 11.2 Å². The molecule has 3 aromatic rings. The number of hydrogen-bond donors (Lipinski definition) is 0. The summed E-state index contributed by atoms with van der Waals surface area (Å²) in [7, 11) is 0. The number of fused-ring (bicyclic) bond motifs is 1. The number of rotatable bonds is 4. The molecule has 3 aromatic heterocycles. The van der Waals surface area contributed by atoms with E-state index in [4.69, 9.17) is 4.42 Å². The van der Waals surface area contributed by atoms with Gasteiger partial charge in [-0.25, -0.2) is 4.98 Å². The van der Waals surface area contributed by atoms with Crippen LogP contribution in [-0.4, -0.2) is 19.6 Å². The third kappa shape index (κ3) is 2.43. The van der Waals surface area contributed by atoms with Crippen LogP contribution in [0.5, 0.6) is 0 Å². The largest absolute Gasteiger partial charge is 0.469 e. The minimum absolute atomic E-state index is 0.807. The SMILES string of the molecule is C1=C(c2cnc(CCc3ccco3)n3cnnc23)CCCC1. The fourth-order valence-corrected chi connectivity index (χ4v) is 3.05. The van der Waals surface area contributed by atoms with Gasteiger partial charge in [0, 0.05) is 24.6 Å². The summed E-state index contributed by atoms with van der Waals surface area (Å²) in [5, 5.41) is 8.39. The predicted octanol–water partition coefficient (Wildman–Crippen LogP) is 3.46. The zero-order chi connectivity index (χ0) is 14.8. The lowest BCUT2D eigenvalue weighted by Crippen LogP contribution is -2.05. The maximum Gasteiger partial charge on any atom is 0.171 e. The number of furan rings is 1. The number of aryl methyl sites for hydroxylation is 2. The molecule has 0 aliphatic heterocycles. The van der Waals surface area contributed by atoms with Crippen LogP contribution in [0.2, 0.25) is 0 Å². The van der Waals surface area contributed by atoms with E-state index in [1.807, 2.05) is 22.7 Å². The quantitative estimate of drug-likeness (QED) is 0.739. The average Bonchev–Trinajstić information content (AvgIpc) is 3.25. The predicted molar refractivity (Wildman–Crippen MR) is 83.3 cm³/mol. The van der Waals surface area contributed by atoms with E-state index in [-0.39, 0.29) is 0 Å². The zero-order valence-electron chi connectivity index (χ0n) is 12.4. The van der Waals surface area contributed by atoms with E-state index < -0.39 is 0 Å². The van der Waals surface area contributed by atoms with Crippen molar-refractivity contribution in [2.24, 2.45) is 0 Å². The van der Waals surface area contributed by atoms with Gasteiger partial charge in [-0.1, -0.05) is 6.08 Å². The third-order valence-electron chi connectivity index (χ3n) is 4.22. The van der Waals surface area contributed by atoms with Crippen molar-refractivity contribution in [3.63, 3.8) is 0 Å². The minimum atomic E-state index is 0.807. The van der Waals surface area contributed by atoms with E-state index in [1.54, 1.807) is 12.6 Å². The molecule has 0 saturated carbocycles. The lowest BCUT2D eigenvalue weighted by atomic mass is 9.95. The van der Waals surface area contributed by atoms with Crippen LogP contribution in [0.1, 0.15) is 42.8 Å². The van der Waals surface area contributed by atoms with E-state index in [9.17, 15) is 0 Å². The van der Waals surface area contributed by atoms with Gasteiger partial charge in [-0.05, 0) is 43.4 Å². The van der Waals surface area contributed by atoms with Gasteiger partial charge in [0.2, 0.25) is 0 Å². The van der Waals surface area contributed by atoms with Crippen molar-refractivity contribution in [3.8, 4) is 0 Å². The molecule has 1 aliphatic rings. The van der Waals surface area contributed by atoms with Crippen LogP contribution < -0.4 is 0 Å². The monoisotopic (exact) mass is 294 g/mol. The van der Waals surface area contributed by atoms with Gasteiger partial charge in [-0.15, -0.1) is 10.2 Å². The first-order valence-corrected chi connectivity index (χ1v) is 7.81. The number of aromatic nitrogens is 4. The fourth-order valence-electron chi connectivity index (χ4n) is 3.05. The Morgan fingerprint density at radius 2 is 2.23 bits per heavy atom. The first-order valence-electron chi connectivity index (χ1n) is 7.81. The van der Waals surface area contributed by atoms with Gasteiger partial charge in [0.25, 0.3) is 0 Å². The first-order chi connectivity index (χ1) is 10.9. The summed E-state index contributed by atoms with van der Waals surface area (Å²) >= 11 is 0. The number of allylic oxidation sites excluding steroid dienone is 2. The Labute approximate surface area is 128 Å². The van der Waals surface area contributed by atoms with Crippen molar-refractivity contribution in [1.29, 1.82) is 0 Å². The summed E-state index contributed by atoms with van der Waals surface area (Å²) in [5.41, 5.74) is 3.39. The summed E-state index contributed by atoms with van der Waals surface area (Å²) in [4.78, 5) is 4.65. The van der Waals surface area contributed by atoms with Crippen LogP contribution in [0.4, 0.5) is 0 Å². The summed E-state index contributed by atoms with van der Waals surface area (Å²) in [6.07, 6.45) is 14.1. The standard InChI is InChI=1S/C17H18N4O/c1-2-5-13(6-3-1)15-11-18-16(21-12-19-20-17(15)21)9-8-14-7-4-10-22-14/h4-5,7,10-12H,1-3,6,8-9H2. The van der Waals surface area contributed by atoms with Gasteiger partial charge in [-0.3, -0.25) is 4.40 Å². The summed E-state index contributed by atoms with van der Waals surface area (Å²) in [6.45, 7) is 0. The Balaban J connectivity index is 1.67. The first kappa shape index (κ1) is 13.2. The molecular formula is C17H18N4O. The fraction of sp³-hybridized carbons (Fsp3) is 0.353. The second kappa shape index (κ2) is 5.75. The van der Waals surface area contributed by atoms with Crippen molar-refractivity contribution in [3.05, 3.63) is 54.1 Å². The molecule has 0 saturated heterocycles. The Morgan fingerprint density at radius 1 is 1.23 bits per heavy atom. The van der Waals surface area contributed by atoms with Crippen molar-refractivity contribution in [1.82, 2.24) is 19.6 Å². The number of nitrogens with zero attached hydrogens (tertiary/aromatic N) is 4. The van der Waals surface area contributed by atoms with E-state index in [0.29, 0.717) is 0 Å². The molecule has 0 amide bonds. The van der Waals surface area contributed by atoms with Crippen LogP contribution in [-0.2, 0) is 12.8 Å². The molecule has 22 heavy (non-hydrogen) atoms. The molecule has 1 aliphatic carbocycles. The molecular weight excluding hydrogens is 276 g/mol. The molecule has 4 rings (SSSR count). The topological polar surface area (TPSA) is 56.2 Å². The van der Waals surface area contributed by atoms with Gasteiger partial charge in [0.1, 0.15) is 17.9 Å². The molecule has 0 radical (unpaired) electrons. The Hall–Kier alpha value is -2.43. The molecule has 112 valence electrons. The summed E-state index contributed by atoms with van der Waals surface area (Å²) in [5.74, 6) is 1.94. The van der Waals surface area contributed by atoms with Gasteiger partial charge in [-0.2, -0.15) is 0 Å². The van der Waals surface area contributed by atoms with E-state index >= 15 is 0 Å². The van der Waals surface area contributed by atoms with Gasteiger partial charge >= 0.3 is 0 Å². The molecule has 0 N–H and O–H groups in total. The van der Waals surface area contributed by atoms with E-state index in [1.165, 1.54) is 18.4 Å². The normalized spacial score (nSPS) is 15.2. The number of hydrogen-bond acceptors (Lipinski definition) is 4. The molecule has 0 atom stereocenters.